The number of nitrogen functional groups attached to an aromatic ring is 1. The molecule has 0 aliphatic carbocycles. The second-order valence-corrected chi connectivity index (χ2v) is 11.5. The molecular weight excluding hydrogens is 618 g/mol. The van der Waals surface area contributed by atoms with E-state index in [1.807, 2.05) is 0 Å². The van der Waals surface area contributed by atoms with Crippen LogP contribution in [0.1, 0.15) is 31.2 Å². The number of hydrogen-bond acceptors (Lipinski definition) is 9. The predicted octanol–water partition coefficient (Wildman–Crippen LogP) is 7.82. The van der Waals surface area contributed by atoms with Gasteiger partial charge in [0.25, 0.3) is 0 Å². The van der Waals surface area contributed by atoms with E-state index >= 15 is 0 Å². The van der Waals surface area contributed by atoms with E-state index in [-0.39, 0.29) is 36.1 Å². The van der Waals surface area contributed by atoms with Gasteiger partial charge in [0.05, 0.1) is 6.61 Å². The van der Waals surface area contributed by atoms with Gasteiger partial charge in [-0.3, -0.25) is 0 Å². The number of halogens is 3. The molecule has 0 fully saturated rings. The second kappa shape index (κ2) is 16.8. The van der Waals surface area contributed by atoms with Crippen molar-refractivity contribution in [3.05, 3.63) is 101 Å². The molecule has 240 valence electrons. The fraction of sp³-hybridized carbons (Fsp3) is 0.310. The maximum atomic E-state index is 14.8. The maximum absolute atomic E-state index is 14.8. The highest BCUT2D eigenvalue weighted by Gasteiger charge is 2.52. The van der Waals surface area contributed by atoms with Crippen molar-refractivity contribution >= 4 is 25.3 Å². The van der Waals surface area contributed by atoms with Crippen LogP contribution in [0.25, 0.3) is 10.4 Å². The monoisotopic (exact) mass is 649 g/mol. The molecule has 3 rings (SSSR count). The van der Waals surface area contributed by atoms with E-state index in [2.05, 4.69) is 14.9 Å². The Kier molecular flexibility index (Phi) is 13.0. The van der Waals surface area contributed by atoms with Gasteiger partial charge >= 0.3 is 25.8 Å². The smallest absolute Gasteiger partial charge is 0.447 e. The molecule has 2 N–H and O–H groups in total. The Morgan fingerprint density at radius 2 is 1.44 bits per heavy atom. The molecule has 0 aliphatic heterocycles. The topological polar surface area (TPSA) is 166 Å². The fourth-order valence-corrected chi connectivity index (χ4v) is 5.80. The van der Waals surface area contributed by atoms with E-state index in [1.165, 1.54) is 48.5 Å². The Morgan fingerprint density at radius 1 is 0.889 bits per heavy atom. The van der Waals surface area contributed by atoms with Crippen molar-refractivity contribution in [3.63, 3.8) is 0 Å². The summed E-state index contributed by atoms with van der Waals surface area (Å²) in [4.78, 5) is 32.7. The first-order valence-electron chi connectivity index (χ1n) is 13.7. The molecule has 16 heteroatoms. The van der Waals surface area contributed by atoms with Crippen molar-refractivity contribution in [1.82, 2.24) is 5.06 Å². The molecule has 0 aromatic heterocycles. The van der Waals surface area contributed by atoms with Gasteiger partial charge in [-0.05, 0) is 60.3 Å². The normalized spacial score (nSPS) is 11.9. The molecule has 1 unspecified atom stereocenters. The first-order chi connectivity index (χ1) is 21.5. The minimum Gasteiger partial charge on any atom is -0.447 e. The average molecular weight is 650 g/mol. The van der Waals surface area contributed by atoms with E-state index in [0.717, 1.165) is 0 Å². The van der Waals surface area contributed by atoms with Gasteiger partial charge in [0, 0.05) is 23.6 Å². The summed E-state index contributed by atoms with van der Waals surface area (Å²) in [5, 5.41) is 3.38. The van der Waals surface area contributed by atoms with Crippen molar-refractivity contribution in [1.29, 1.82) is 0 Å². The lowest BCUT2D eigenvalue weighted by Gasteiger charge is -2.33. The molecule has 12 nitrogen and oxygen atoms in total. The van der Waals surface area contributed by atoms with Crippen LogP contribution in [-0.2, 0) is 25.4 Å². The zero-order valence-electron chi connectivity index (χ0n) is 23.9. The Labute approximate surface area is 256 Å². The standard InChI is InChI=1S/C29H31F3N5O7P/c30-29(31,32)27(38)42-37(28(39)41-20-10-2-1-9-19-35-36-34)26(21-22-15-17-23(33)18-16-22)45(40,43-24-11-5-3-6-12-24)44-25-13-7-4-8-14-25/h3-8,11-18,26H,1-2,9-10,19-21,33H2. The molecule has 0 saturated carbocycles. The molecule has 0 spiro atoms. The SMILES string of the molecule is [N-]=[N+]=NCCCCCCOC(=O)N(OC(=O)C(F)(F)F)C(Cc1ccc(N)cc1)P(=O)(Oc1ccccc1)Oc1ccccc1. The first kappa shape index (κ1) is 34.6. The van der Waals surface area contributed by atoms with E-state index in [9.17, 15) is 27.3 Å². The molecule has 3 aromatic carbocycles. The molecule has 0 aliphatic rings. The number of azide groups is 1. The number of carbonyl (C=O) groups is 2. The molecule has 0 heterocycles. The summed E-state index contributed by atoms with van der Waals surface area (Å²) < 4.78 is 71.9. The van der Waals surface area contributed by atoms with Crippen LogP contribution < -0.4 is 14.8 Å². The predicted molar refractivity (Wildman–Crippen MR) is 158 cm³/mol. The third-order valence-electron chi connectivity index (χ3n) is 6.02. The van der Waals surface area contributed by atoms with Crippen LogP contribution in [0.3, 0.4) is 0 Å². The fourth-order valence-electron chi connectivity index (χ4n) is 3.85. The van der Waals surface area contributed by atoms with Gasteiger partial charge in [0.15, 0.2) is 0 Å². The van der Waals surface area contributed by atoms with Gasteiger partial charge in [-0.15, -0.1) is 5.06 Å². The van der Waals surface area contributed by atoms with Gasteiger partial charge in [-0.2, -0.15) is 13.2 Å². The van der Waals surface area contributed by atoms with Crippen LogP contribution in [0.15, 0.2) is 90.0 Å². The van der Waals surface area contributed by atoms with Crippen molar-refractivity contribution in [3.8, 4) is 11.5 Å². The lowest BCUT2D eigenvalue weighted by molar-refractivity contribution is -0.233. The number of carbonyl (C=O) groups excluding carboxylic acids is 2. The third-order valence-corrected chi connectivity index (χ3v) is 8.07. The number of para-hydroxylation sites is 2. The molecule has 0 radical (unpaired) electrons. The van der Waals surface area contributed by atoms with E-state index in [4.69, 9.17) is 25.0 Å². The van der Waals surface area contributed by atoms with Crippen molar-refractivity contribution in [2.75, 3.05) is 18.9 Å². The molecule has 1 amide bonds. The highest BCUT2D eigenvalue weighted by Crippen LogP contribution is 2.55. The molecule has 0 bridgehead atoms. The van der Waals surface area contributed by atoms with Crippen LogP contribution in [-0.4, -0.2) is 42.2 Å². The quantitative estimate of drug-likeness (QED) is 0.0331. The summed E-state index contributed by atoms with van der Waals surface area (Å²) in [5.41, 5.74) is 14.8. The zero-order valence-corrected chi connectivity index (χ0v) is 24.8. The summed E-state index contributed by atoms with van der Waals surface area (Å²) in [6, 6.07) is 21.2. The number of benzene rings is 3. The summed E-state index contributed by atoms with van der Waals surface area (Å²) >= 11 is 0. The van der Waals surface area contributed by atoms with Gasteiger partial charge in [-0.25, -0.2) is 14.2 Å². The molecule has 0 saturated heterocycles. The molecular formula is C29H31F3N5O7P. The largest absolute Gasteiger partial charge is 0.493 e. The second-order valence-electron chi connectivity index (χ2n) is 9.46. The van der Waals surface area contributed by atoms with Crippen LogP contribution in [0.4, 0.5) is 23.7 Å². The molecule has 3 aromatic rings. The van der Waals surface area contributed by atoms with Crippen LogP contribution in [0.5, 0.6) is 11.5 Å². The number of unbranched alkanes of at least 4 members (excludes halogenated alkanes) is 3. The highest BCUT2D eigenvalue weighted by atomic mass is 31.2. The van der Waals surface area contributed by atoms with E-state index in [0.29, 0.717) is 30.5 Å². The number of amides is 1. The Hall–Kier alpha value is -4.87. The third kappa shape index (κ3) is 11.3. The number of ether oxygens (including phenoxy) is 1. The Balaban J connectivity index is 2.02. The van der Waals surface area contributed by atoms with Crippen LogP contribution >= 0.6 is 7.60 Å². The van der Waals surface area contributed by atoms with Gasteiger partial charge in [0.2, 0.25) is 5.78 Å². The first-order valence-corrected chi connectivity index (χ1v) is 15.3. The van der Waals surface area contributed by atoms with Gasteiger partial charge in [0.1, 0.15) is 11.5 Å². The zero-order chi connectivity index (χ0) is 32.7. The minimum atomic E-state index is -5.53. The van der Waals surface area contributed by atoms with Crippen LogP contribution in [0.2, 0.25) is 0 Å². The van der Waals surface area contributed by atoms with E-state index in [1.54, 1.807) is 36.4 Å². The Morgan fingerprint density at radius 3 is 1.98 bits per heavy atom. The van der Waals surface area contributed by atoms with Gasteiger partial charge in [-0.1, -0.05) is 66.5 Å². The van der Waals surface area contributed by atoms with E-state index < -0.39 is 38.0 Å². The van der Waals surface area contributed by atoms with Crippen molar-refractivity contribution < 1.29 is 45.9 Å². The number of nitrogens with two attached hydrogens (primary N) is 1. The number of rotatable bonds is 15. The summed E-state index contributed by atoms with van der Waals surface area (Å²) in [5.74, 6) is -4.75. The van der Waals surface area contributed by atoms with Crippen molar-refractivity contribution in [2.24, 2.45) is 5.11 Å². The minimum absolute atomic E-state index is 0.00438. The lowest BCUT2D eigenvalue weighted by atomic mass is 10.1. The summed E-state index contributed by atoms with van der Waals surface area (Å²) in [7, 11) is -4.82. The summed E-state index contributed by atoms with van der Waals surface area (Å²) in [6.45, 7) is 0.000779. The van der Waals surface area contributed by atoms with Crippen molar-refractivity contribution in [2.45, 2.75) is 44.1 Å². The average Bonchev–Trinajstić information content (AvgIpc) is 3.01. The summed E-state index contributed by atoms with van der Waals surface area (Å²) in [6.07, 6.45) is -5.53. The maximum Gasteiger partial charge on any atom is 0.493 e. The Bertz CT molecular complexity index is 1430. The number of anilines is 1. The number of alkyl halides is 3. The molecule has 1 atom stereocenters. The molecule has 45 heavy (non-hydrogen) atoms. The number of hydrogen-bond donors (Lipinski definition) is 1. The van der Waals surface area contributed by atoms with Crippen LogP contribution in [0, 0.1) is 0 Å². The van der Waals surface area contributed by atoms with Gasteiger partial charge < -0.3 is 24.4 Å². The highest BCUT2D eigenvalue weighted by molar-refractivity contribution is 7.55. The lowest BCUT2D eigenvalue weighted by Crippen LogP contribution is -2.47. The number of hydroxylamine groups is 2. The number of nitrogens with zero attached hydrogens (tertiary/aromatic N) is 4.